The van der Waals surface area contributed by atoms with Crippen LogP contribution in [0, 0.1) is 5.92 Å². The summed E-state index contributed by atoms with van der Waals surface area (Å²) in [5.41, 5.74) is 0.899. The van der Waals surface area contributed by atoms with Gasteiger partial charge in [0.15, 0.2) is 0 Å². The van der Waals surface area contributed by atoms with Crippen molar-refractivity contribution >= 4 is 28.3 Å². The van der Waals surface area contributed by atoms with Gasteiger partial charge in [-0.05, 0) is 37.0 Å². The summed E-state index contributed by atoms with van der Waals surface area (Å²) < 4.78 is 5.95. The Kier molecular flexibility index (Phi) is 4.79. The van der Waals surface area contributed by atoms with Gasteiger partial charge in [-0.2, -0.15) is 0 Å². The van der Waals surface area contributed by atoms with E-state index in [2.05, 4.69) is 28.7 Å². The van der Waals surface area contributed by atoms with Crippen LogP contribution in [0.5, 0.6) is 0 Å². The standard InChI is InChI=1S/C17H22ClN3O/c1-12(2)10-22-14-5-7-21(8-6-14)17-15-4-3-13(18)9-16(15)19-11-20-17/h3-4,9,11-12,14H,5-8,10H2,1-2H3. The van der Waals surface area contributed by atoms with Crippen LogP contribution in [0.4, 0.5) is 5.82 Å². The predicted octanol–water partition coefficient (Wildman–Crippen LogP) is 3.92. The van der Waals surface area contributed by atoms with Crippen LogP contribution in [0.3, 0.4) is 0 Å². The number of hydrogen-bond acceptors (Lipinski definition) is 4. The van der Waals surface area contributed by atoms with Gasteiger partial charge in [0, 0.05) is 30.1 Å². The molecule has 5 heteroatoms. The number of piperidine rings is 1. The maximum Gasteiger partial charge on any atom is 0.139 e. The molecule has 2 heterocycles. The fourth-order valence-electron chi connectivity index (χ4n) is 2.83. The molecule has 118 valence electrons. The van der Waals surface area contributed by atoms with Crippen molar-refractivity contribution in [2.75, 3.05) is 24.6 Å². The van der Waals surface area contributed by atoms with E-state index in [4.69, 9.17) is 16.3 Å². The van der Waals surface area contributed by atoms with Crippen LogP contribution in [-0.4, -0.2) is 35.8 Å². The lowest BCUT2D eigenvalue weighted by atomic mass is 10.1. The molecule has 0 spiro atoms. The fraction of sp³-hybridized carbons (Fsp3) is 0.529. The second-order valence-electron chi connectivity index (χ2n) is 6.27. The second-order valence-corrected chi connectivity index (χ2v) is 6.71. The molecule has 1 fully saturated rings. The predicted molar refractivity (Wildman–Crippen MR) is 90.6 cm³/mol. The van der Waals surface area contributed by atoms with Gasteiger partial charge < -0.3 is 9.64 Å². The third kappa shape index (κ3) is 3.50. The zero-order valence-electron chi connectivity index (χ0n) is 13.1. The average Bonchev–Trinajstić information content (AvgIpc) is 2.52. The molecule has 0 aliphatic carbocycles. The number of nitrogens with zero attached hydrogens (tertiary/aromatic N) is 3. The van der Waals surface area contributed by atoms with Crippen molar-refractivity contribution in [3.8, 4) is 0 Å². The Balaban J connectivity index is 1.71. The lowest BCUT2D eigenvalue weighted by molar-refractivity contribution is 0.0214. The smallest absolute Gasteiger partial charge is 0.139 e. The van der Waals surface area contributed by atoms with Crippen molar-refractivity contribution in [2.45, 2.75) is 32.8 Å². The van der Waals surface area contributed by atoms with E-state index in [1.54, 1.807) is 6.33 Å². The Bertz CT molecular complexity index is 639. The number of rotatable bonds is 4. The summed E-state index contributed by atoms with van der Waals surface area (Å²) in [7, 11) is 0. The summed E-state index contributed by atoms with van der Waals surface area (Å²) in [6, 6.07) is 5.80. The van der Waals surface area contributed by atoms with Gasteiger partial charge in [-0.25, -0.2) is 9.97 Å². The molecule has 22 heavy (non-hydrogen) atoms. The zero-order valence-corrected chi connectivity index (χ0v) is 13.9. The number of halogens is 1. The summed E-state index contributed by atoms with van der Waals surface area (Å²) in [6.45, 7) is 7.16. The minimum absolute atomic E-state index is 0.376. The van der Waals surface area contributed by atoms with E-state index in [1.807, 2.05) is 18.2 Å². The molecule has 3 rings (SSSR count). The Morgan fingerprint density at radius 2 is 2.05 bits per heavy atom. The van der Waals surface area contributed by atoms with E-state index < -0.39 is 0 Å². The number of aromatic nitrogens is 2. The lowest BCUT2D eigenvalue weighted by Gasteiger charge is -2.33. The van der Waals surface area contributed by atoms with Crippen molar-refractivity contribution < 1.29 is 4.74 Å². The molecule has 1 aliphatic heterocycles. The molecule has 1 aromatic heterocycles. The van der Waals surface area contributed by atoms with Crippen LogP contribution in [0.15, 0.2) is 24.5 Å². The highest BCUT2D eigenvalue weighted by atomic mass is 35.5. The molecule has 0 amide bonds. The molecule has 0 saturated carbocycles. The van der Waals surface area contributed by atoms with Crippen LogP contribution < -0.4 is 4.90 Å². The number of ether oxygens (including phenoxy) is 1. The molecule has 0 bridgehead atoms. The van der Waals surface area contributed by atoms with Crippen molar-refractivity contribution in [3.63, 3.8) is 0 Å². The molecule has 2 aromatic rings. The van der Waals surface area contributed by atoms with Gasteiger partial charge in [-0.3, -0.25) is 0 Å². The minimum atomic E-state index is 0.376. The van der Waals surface area contributed by atoms with E-state index in [0.717, 1.165) is 49.3 Å². The van der Waals surface area contributed by atoms with Gasteiger partial charge in [-0.15, -0.1) is 0 Å². The van der Waals surface area contributed by atoms with Crippen LogP contribution in [-0.2, 0) is 4.74 Å². The van der Waals surface area contributed by atoms with Crippen LogP contribution in [0.25, 0.3) is 10.9 Å². The number of fused-ring (bicyclic) bond motifs is 1. The zero-order chi connectivity index (χ0) is 15.5. The summed E-state index contributed by atoms with van der Waals surface area (Å²) in [4.78, 5) is 11.1. The SMILES string of the molecule is CC(C)COC1CCN(c2ncnc3cc(Cl)ccc23)CC1. The van der Waals surface area contributed by atoms with Crippen LogP contribution in [0.1, 0.15) is 26.7 Å². The van der Waals surface area contributed by atoms with E-state index in [0.29, 0.717) is 17.0 Å². The number of anilines is 1. The summed E-state index contributed by atoms with van der Waals surface area (Å²) >= 11 is 6.05. The molecular formula is C17H22ClN3O. The molecule has 0 unspecified atom stereocenters. The molecule has 0 radical (unpaired) electrons. The topological polar surface area (TPSA) is 38.2 Å². The highest BCUT2D eigenvalue weighted by molar-refractivity contribution is 6.31. The molecule has 1 saturated heterocycles. The van der Waals surface area contributed by atoms with Gasteiger partial charge in [0.25, 0.3) is 0 Å². The summed E-state index contributed by atoms with van der Waals surface area (Å²) in [5.74, 6) is 1.59. The van der Waals surface area contributed by atoms with Crippen molar-refractivity contribution in [1.29, 1.82) is 0 Å². The molecule has 0 N–H and O–H groups in total. The molecule has 1 aliphatic rings. The van der Waals surface area contributed by atoms with Gasteiger partial charge in [0.2, 0.25) is 0 Å². The number of hydrogen-bond donors (Lipinski definition) is 0. The van der Waals surface area contributed by atoms with Crippen molar-refractivity contribution in [1.82, 2.24) is 9.97 Å². The number of benzene rings is 1. The molecule has 0 atom stereocenters. The first kappa shape index (κ1) is 15.5. The molecular weight excluding hydrogens is 298 g/mol. The third-order valence-electron chi connectivity index (χ3n) is 3.98. The van der Waals surface area contributed by atoms with Crippen molar-refractivity contribution in [2.24, 2.45) is 5.92 Å². The third-order valence-corrected chi connectivity index (χ3v) is 4.22. The molecule has 1 aromatic carbocycles. The lowest BCUT2D eigenvalue weighted by Crippen LogP contribution is -2.38. The van der Waals surface area contributed by atoms with Gasteiger partial charge in [-0.1, -0.05) is 25.4 Å². The summed E-state index contributed by atoms with van der Waals surface area (Å²) in [5, 5.41) is 1.77. The average molecular weight is 320 g/mol. The van der Waals surface area contributed by atoms with E-state index >= 15 is 0 Å². The Labute approximate surface area is 136 Å². The first-order chi connectivity index (χ1) is 10.6. The monoisotopic (exact) mass is 319 g/mol. The first-order valence-corrected chi connectivity index (χ1v) is 8.28. The van der Waals surface area contributed by atoms with Gasteiger partial charge in [0.05, 0.1) is 11.6 Å². The van der Waals surface area contributed by atoms with Gasteiger partial charge >= 0.3 is 0 Å². The summed E-state index contributed by atoms with van der Waals surface area (Å²) in [6.07, 6.45) is 4.09. The Morgan fingerprint density at radius 1 is 1.27 bits per heavy atom. The maximum absolute atomic E-state index is 6.05. The highest BCUT2D eigenvalue weighted by Crippen LogP contribution is 2.28. The van der Waals surface area contributed by atoms with Crippen LogP contribution in [0.2, 0.25) is 5.02 Å². The van der Waals surface area contributed by atoms with E-state index in [9.17, 15) is 0 Å². The second kappa shape index (κ2) is 6.80. The van der Waals surface area contributed by atoms with Crippen LogP contribution >= 0.6 is 11.6 Å². The fourth-order valence-corrected chi connectivity index (χ4v) is 3.00. The quantitative estimate of drug-likeness (QED) is 0.856. The van der Waals surface area contributed by atoms with Crippen molar-refractivity contribution in [3.05, 3.63) is 29.5 Å². The normalized spacial score (nSPS) is 16.6. The minimum Gasteiger partial charge on any atom is -0.378 e. The Hall–Kier alpha value is -1.39. The Morgan fingerprint density at radius 3 is 2.77 bits per heavy atom. The van der Waals surface area contributed by atoms with Gasteiger partial charge in [0.1, 0.15) is 12.1 Å². The van der Waals surface area contributed by atoms with E-state index in [-0.39, 0.29) is 0 Å². The maximum atomic E-state index is 6.05. The highest BCUT2D eigenvalue weighted by Gasteiger charge is 2.22. The van der Waals surface area contributed by atoms with E-state index in [1.165, 1.54) is 0 Å². The molecule has 4 nitrogen and oxygen atoms in total. The largest absolute Gasteiger partial charge is 0.378 e. The first-order valence-electron chi connectivity index (χ1n) is 7.90.